The van der Waals surface area contributed by atoms with Gasteiger partial charge < -0.3 is 89.9 Å². The Morgan fingerprint density at radius 3 is 1.11 bits per heavy atom. The molecule has 3 aliphatic heterocycles. The molecule has 1 amide bonds. The van der Waals surface area contributed by atoms with E-state index in [0.717, 1.165) is 70.6 Å². The highest BCUT2D eigenvalue weighted by Gasteiger charge is 2.54. The second kappa shape index (κ2) is 62.1. The maximum atomic E-state index is 13.5. The Balaban J connectivity index is 1.31. The molecule has 0 aromatic rings. The number of allylic oxidation sites excluding steroid dienone is 13. The average Bonchev–Trinajstić information content (AvgIpc) is 0.792. The summed E-state index contributed by atoms with van der Waals surface area (Å²) in [7, 11) is 0. The minimum absolute atomic E-state index is 0.236. The van der Waals surface area contributed by atoms with Crippen LogP contribution in [0.15, 0.2) is 85.1 Å². The molecule has 0 aromatic carbocycles. The van der Waals surface area contributed by atoms with E-state index < -0.39 is 124 Å². The van der Waals surface area contributed by atoms with Crippen LogP contribution in [0.3, 0.4) is 0 Å². The molecule has 101 heavy (non-hydrogen) atoms. The fourth-order valence-corrected chi connectivity index (χ4v) is 13.2. The molecular formula is C82H145NO18. The first-order valence-corrected chi connectivity index (χ1v) is 40.3. The lowest BCUT2D eigenvalue weighted by molar-refractivity contribution is -0.379. The van der Waals surface area contributed by atoms with E-state index in [1.165, 1.54) is 193 Å². The highest BCUT2D eigenvalue weighted by atomic mass is 16.8. The molecule has 19 nitrogen and oxygen atoms in total. The van der Waals surface area contributed by atoms with Crippen molar-refractivity contribution in [2.45, 2.75) is 401 Å². The molecule has 0 bridgehead atoms. The zero-order valence-corrected chi connectivity index (χ0v) is 62.6. The Hall–Kier alpha value is -3.03. The van der Waals surface area contributed by atoms with Crippen LogP contribution in [0.25, 0.3) is 0 Å². The third kappa shape index (κ3) is 42.2. The van der Waals surface area contributed by atoms with E-state index >= 15 is 0 Å². The molecule has 3 fully saturated rings. The van der Waals surface area contributed by atoms with E-state index in [0.29, 0.717) is 12.8 Å². The van der Waals surface area contributed by atoms with Crippen LogP contribution in [0.4, 0.5) is 0 Å². The van der Waals surface area contributed by atoms with Gasteiger partial charge in [-0.1, -0.05) is 298 Å². The number of amides is 1. The molecule has 12 N–H and O–H groups in total. The second-order valence-corrected chi connectivity index (χ2v) is 28.5. The van der Waals surface area contributed by atoms with Gasteiger partial charge in [-0.15, -0.1) is 0 Å². The van der Waals surface area contributed by atoms with E-state index in [9.17, 15) is 61.0 Å². The fourth-order valence-electron chi connectivity index (χ4n) is 13.2. The van der Waals surface area contributed by atoms with Crippen molar-refractivity contribution in [3.63, 3.8) is 0 Å². The molecule has 0 aromatic heterocycles. The van der Waals surface area contributed by atoms with Gasteiger partial charge in [0, 0.05) is 6.42 Å². The number of aliphatic hydroxyl groups excluding tert-OH is 11. The number of carbonyl (C=O) groups excluding carboxylic acids is 1. The summed E-state index contributed by atoms with van der Waals surface area (Å²) in [6, 6.07) is -0.992. The molecule has 3 saturated heterocycles. The minimum Gasteiger partial charge on any atom is -0.394 e. The second-order valence-electron chi connectivity index (χ2n) is 28.5. The lowest BCUT2D eigenvalue weighted by Crippen LogP contribution is -2.66. The predicted octanol–water partition coefficient (Wildman–Crippen LogP) is 13.4. The highest BCUT2D eigenvalue weighted by Crippen LogP contribution is 2.33. The third-order valence-electron chi connectivity index (χ3n) is 19.7. The summed E-state index contributed by atoms with van der Waals surface area (Å²) in [6.07, 6.45) is 55.9. The van der Waals surface area contributed by atoms with Gasteiger partial charge in [0.05, 0.1) is 38.6 Å². The van der Waals surface area contributed by atoms with Gasteiger partial charge >= 0.3 is 0 Å². The van der Waals surface area contributed by atoms with Crippen molar-refractivity contribution in [1.82, 2.24) is 5.32 Å². The van der Waals surface area contributed by atoms with E-state index in [1.54, 1.807) is 6.08 Å². The van der Waals surface area contributed by atoms with E-state index in [2.05, 4.69) is 92.1 Å². The number of rotatable bonds is 63. The first-order valence-electron chi connectivity index (χ1n) is 40.3. The maximum Gasteiger partial charge on any atom is 0.220 e. The lowest BCUT2D eigenvalue weighted by atomic mass is 9.96. The van der Waals surface area contributed by atoms with E-state index in [4.69, 9.17) is 28.4 Å². The Kier molecular flexibility index (Phi) is 56.6. The van der Waals surface area contributed by atoms with Crippen molar-refractivity contribution in [2.24, 2.45) is 0 Å². The van der Waals surface area contributed by atoms with Crippen LogP contribution in [0.1, 0.15) is 296 Å². The molecule has 0 aliphatic carbocycles. The Morgan fingerprint density at radius 1 is 0.366 bits per heavy atom. The normalized spacial score (nSPS) is 26.8. The summed E-state index contributed by atoms with van der Waals surface area (Å²) >= 11 is 0. The summed E-state index contributed by atoms with van der Waals surface area (Å²) in [4.78, 5) is 13.5. The van der Waals surface area contributed by atoms with Crippen LogP contribution in [0, 0.1) is 0 Å². The molecule has 17 unspecified atom stereocenters. The number of hydrogen-bond donors (Lipinski definition) is 12. The first-order chi connectivity index (χ1) is 49.3. The van der Waals surface area contributed by atoms with Gasteiger partial charge in [0.15, 0.2) is 18.9 Å². The van der Waals surface area contributed by atoms with Gasteiger partial charge in [-0.3, -0.25) is 4.79 Å². The van der Waals surface area contributed by atoms with Gasteiger partial charge in [-0.25, -0.2) is 0 Å². The SMILES string of the molecule is CC/C=C\C/C=C\C/C=C\C/C=C\C/C=C\CCCCCCCCCCCCCCCCCCCCCCCCCC(=O)NC(COC1OC(CO)C(OC2OC(CO)C(OC3OC(CO)C(O)C(O)C3O)C(O)C2O)C(O)C1O)C(O)/C=C/CC/C=C/CCCCCCCCCCCCC. The predicted molar refractivity (Wildman–Crippen MR) is 401 cm³/mol. The lowest BCUT2D eigenvalue weighted by Gasteiger charge is -2.48. The van der Waals surface area contributed by atoms with Crippen LogP contribution >= 0.6 is 0 Å². The van der Waals surface area contributed by atoms with Crippen molar-refractivity contribution in [1.29, 1.82) is 0 Å². The molecule has 0 saturated carbocycles. The van der Waals surface area contributed by atoms with Crippen molar-refractivity contribution >= 4 is 5.91 Å². The van der Waals surface area contributed by atoms with Gasteiger partial charge in [-0.2, -0.15) is 0 Å². The molecule has 0 spiro atoms. The molecule has 0 radical (unpaired) electrons. The van der Waals surface area contributed by atoms with Crippen LogP contribution < -0.4 is 5.32 Å². The smallest absolute Gasteiger partial charge is 0.220 e. The zero-order chi connectivity index (χ0) is 73.2. The molecule has 17 atom stereocenters. The topological polar surface area (TPSA) is 307 Å². The molecule has 3 heterocycles. The summed E-state index contributed by atoms with van der Waals surface area (Å²) in [6.45, 7) is 1.62. The molecule has 586 valence electrons. The molecule has 19 heteroatoms. The summed E-state index contributed by atoms with van der Waals surface area (Å²) in [5.41, 5.74) is 0. The Labute approximate surface area is 610 Å². The average molecular weight is 1430 g/mol. The Morgan fingerprint density at radius 2 is 0.693 bits per heavy atom. The summed E-state index contributed by atoms with van der Waals surface area (Å²) < 4.78 is 34.4. The van der Waals surface area contributed by atoms with Crippen molar-refractivity contribution < 1.29 is 89.4 Å². The highest BCUT2D eigenvalue weighted by molar-refractivity contribution is 5.76. The van der Waals surface area contributed by atoms with Gasteiger partial charge in [0.2, 0.25) is 5.91 Å². The van der Waals surface area contributed by atoms with Crippen LogP contribution in [0.2, 0.25) is 0 Å². The largest absolute Gasteiger partial charge is 0.394 e. The minimum atomic E-state index is -1.98. The van der Waals surface area contributed by atoms with Crippen LogP contribution in [0.5, 0.6) is 0 Å². The molecule has 3 rings (SSSR count). The fraction of sp³-hybridized carbons (Fsp3) is 0.817. The molecular weight excluding hydrogens is 1290 g/mol. The van der Waals surface area contributed by atoms with Gasteiger partial charge in [0.1, 0.15) is 73.2 Å². The third-order valence-corrected chi connectivity index (χ3v) is 19.7. The monoisotopic (exact) mass is 1430 g/mol. The number of carbonyl (C=O) groups is 1. The quantitative estimate of drug-likeness (QED) is 0.0199. The van der Waals surface area contributed by atoms with Crippen LogP contribution in [-0.4, -0.2) is 193 Å². The summed E-state index contributed by atoms with van der Waals surface area (Å²) in [5, 5.41) is 121. The van der Waals surface area contributed by atoms with Crippen molar-refractivity contribution in [2.75, 3.05) is 26.4 Å². The van der Waals surface area contributed by atoms with Gasteiger partial charge in [0.25, 0.3) is 0 Å². The Bertz CT molecular complexity index is 2150. The number of hydrogen-bond acceptors (Lipinski definition) is 18. The number of nitrogens with one attached hydrogen (secondary N) is 1. The van der Waals surface area contributed by atoms with Crippen molar-refractivity contribution in [3.05, 3.63) is 85.1 Å². The first kappa shape index (κ1) is 92.2. The zero-order valence-electron chi connectivity index (χ0n) is 62.6. The number of ether oxygens (including phenoxy) is 6. The maximum absolute atomic E-state index is 13.5. The molecule has 3 aliphatic rings. The number of unbranched alkanes of at least 4 members (excludes halogenated alkanes) is 35. The van der Waals surface area contributed by atoms with Crippen LogP contribution in [-0.2, 0) is 33.2 Å². The van der Waals surface area contributed by atoms with Gasteiger partial charge in [-0.05, 0) is 77.0 Å². The standard InChI is InChI=1S/C82H145NO18/c1-3-5-7-9-11-13-15-17-19-21-22-23-24-25-26-27-28-29-30-31-32-33-34-35-36-37-38-39-40-41-42-44-46-48-50-52-54-56-58-60-70(88)83-65(66(87)59-57-55-53-51-49-47-45-43-20-18-16-14-12-10-8-6-4-2)64-96-80-76(94)73(91)78(68(62-85)98-80)101-82-77(95)74(92)79(69(63-86)99-82)100-81-75(93)72(90)71(89)67(61-84)97-81/h5,7,11,13,17,19,22-23,25-26,49,51,57,59,65-69,71-82,84-87,89-95H,3-4,6,8-10,12,14-16,18,20-21,24,27-48,50,52-56,58,60-64H2,1-2H3,(H,83,88)/b7-5-,13-11-,19-17-,23-22-,26-25-,51-49+,59-57+. The van der Waals surface area contributed by atoms with E-state index in [1.807, 2.05) is 6.08 Å². The van der Waals surface area contributed by atoms with E-state index in [-0.39, 0.29) is 18.9 Å². The summed E-state index contributed by atoms with van der Waals surface area (Å²) in [5.74, 6) is -0.282. The number of aliphatic hydroxyl groups is 11. The van der Waals surface area contributed by atoms with Crippen molar-refractivity contribution in [3.8, 4) is 0 Å².